The van der Waals surface area contributed by atoms with Gasteiger partial charge in [-0.2, -0.15) is 0 Å². The van der Waals surface area contributed by atoms with E-state index >= 15 is 0 Å². The quantitative estimate of drug-likeness (QED) is 0.258. The smallest absolute Gasteiger partial charge is 0.328 e. The highest BCUT2D eigenvalue weighted by atomic mass is 16.5. The molecule has 3 heteroatoms. The van der Waals surface area contributed by atoms with E-state index in [4.69, 9.17) is 9.84 Å². The largest absolute Gasteiger partial charge is 0.493 e. The summed E-state index contributed by atoms with van der Waals surface area (Å²) in [5, 5.41) is 8.74. The lowest BCUT2D eigenvalue weighted by molar-refractivity contribution is -0.131. The van der Waals surface area contributed by atoms with E-state index in [1.54, 1.807) is 6.08 Å². The normalized spacial score (nSPS) is 11.1. The Hall–Kier alpha value is -1.77. The summed E-state index contributed by atoms with van der Waals surface area (Å²) in [5.41, 5.74) is 0.814. The second-order valence-corrected chi connectivity index (χ2v) is 6.95. The molecule has 1 N–H and O–H groups in total. The molecule has 0 bridgehead atoms. The zero-order valence-electron chi connectivity index (χ0n) is 16.4. The van der Waals surface area contributed by atoms with Crippen LogP contribution in [0, 0.1) is 0 Å². The first kappa shape index (κ1) is 22.3. The van der Waals surface area contributed by atoms with E-state index in [-0.39, 0.29) is 0 Å². The van der Waals surface area contributed by atoms with E-state index in [1.807, 2.05) is 24.3 Å². The van der Waals surface area contributed by atoms with Crippen LogP contribution in [0.2, 0.25) is 0 Å². The second-order valence-electron chi connectivity index (χ2n) is 6.95. The molecule has 1 aromatic carbocycles. The van der Waals surface area contributed by atoms with Crippen LogP contribution in [0.25, 0.3) is 6.08 Å². The Bertz CT molecular complexity index is 508. The highest BCUT2D eigenvalue weighted by Crippen LogP contribution is 2.20. The molecule has 1 rings (SSSR count). The minimum Gasteiger partial charge on any atom is -0.493 e. The SMILES string of the molecule is CCCCCCCCCCCCCCOc1ccccc1/C=C/C(=O)O. The van der Waals surface area contributed by atoms with Crippen LogP contribution in [0.1, 0.15) is 89.5 Å². The summed E-state index contributed by atoms with van der Waals surface area (Å²) < 4.78 is 5.82. The van der Waals surface area contributed by atoms with Gasteiger partial charge in [0.05, 0.1) is 6.61 Å². The maximum absolute atomic E-state index is 10.6. The van der Waals surface area contributed by atoms with Crippen molar-refractivity contribution in [3.05, 3.63) is 35.9 Å². The number of hydrogen-bond acceptors (Lipinski definition) is 2. The van der Waals surface area contributed by atoms with E-state index in [1.165, 1.54) is 70.6 Å². The predicted octanol–water partition coefficient (Wildman–Crippen LogP) is 6.86. The van der Waals surface area contributed by atoms with E-state index in [2.05, 4.69) is 6.92 Å². The van der Waals surface area contributed by atoms with Gasteiger partial charge in [-0.3, -0.25) is 0 Å². The van der Waals surface area contributed by atoms with Crippen molar-refractivity contribution in [1.29, 1.82) is 0 Å². The maximum atomic E-state index is 10.6. The fraction of sp³-hybridized carbons (Fsp3) is 0.609. The van der Waals surface area contributed by atoms with Crippen molar-refractivity contribution in [2.45, 2.75) is 84.0 Å². The topological polar surface area (TPSA) is 46.5 Å². The molecule has 0 aliphatic rings. The van der Waals surface area contributed by atoms with Gasteiger partial charge in [0.2, 0.25) is 0 Å². The number of rotatable bonds is 16. The van der Waals surface area contributed by atoms with Crippen LogP contribution in [-0.4, -0.2) is 17.7 Å². The Morgan fingerprint density at radius 2 is 1.42 bits per heavy atom. The average molecular weight is 361 g/mol. The molecule has 146 valence electrons. The average Bonchev–Trinajstić information content (AvgIpc) is 2.64. The van der Waals surface area contributed by atoms with Crippen LogP contribution in [-0.2, 0) is 4.79 Å². The lowest BCUT2D eigenvalue weighted by atomic mass is 10.1. The Kier molecular flexibility index (Phi) is 13.3. The number of hydrogen-bond donors (Lipinski definition) is 1. The number of para-hydroxylation sites is 1. The predicted molar refractivity (Wildman–Crippen MR) is 110 cm³/mol. The number of carbonyl (C=O) groups is 1. The van der Waals surface area contributed by atoms with Crippen molar-refractivity contribution in [3.63, 3.8) is 0 Å². The highest BCUT2D eigenvalue weighted by Gasteiger charge is 2.00. The van der Waals surface area contributed by atoms with Crippen LogP contribution in [0.4, 0.5) is 0 Å². The number of ether oxygens (including phenoxy) is 1. The molecule has 0 unspecified atom stereocenters. The lowest BCUT2D eigenvalue weighted by Crippen LogP contribution is -1.99. The Balaban J connectivity index is 2.02. The molecule has 0 saturated heterocycles. The summed E-state index contributed by atoms with van der Waals surface area (Å²) in [6, 6.07) is 7.56. The molecule has 0 spiro atoms. The highest BCUT2D eigenvalue weighted by molar-refractivity contribution is 5.85. The molecule has 1 aromatic rings. The van der Waals surface area contributed by atoms with E-state index in [9.17, 15) is 4.79 Å². The van der Waals surface area contributed by atoms with Crippen molar-refractivity contribution in [2.24, 2.45) is 0 Å². The monoisotopic (exact) mass is 360 g/mol. The van der Waals surface area contributed by atoms with Gasteiger partial charge < -0.3 is 9.84 Å². The van der Waals surface area contributed by atoms with Crippen LogP contribution in [0.3, 0.4) is 0 Å². The third-order valence-corrected chi connectivity index (χ3v) is 4.58. The number of carboxylic acids is 1. The summed E-state index contributed by atoms with van der Waals surface area (Å²) in [6.45, 7) is 2.95. The molecule has 0 fully saturated rings. The van der Waals surface area contributed by atoms with Gasteiger partial charge in [-0.15, -0.1) is 0 Å². The molecule has 0 aliphatic carbocycles. The molecule has 3 nitrogen and oxygen atoms in total. The molecule has 0 aromatic heterocycles. The number of unbranched alkanes of at least 4 members (excludes halogenated alkanes) is 11. The maximum Gasteiger partial charge on any atom is 0.328 e. The molecule has 26 heavy (non-hydrogen) atoms. The Morgan fingerprint density at radius 3 is 2.00 bits per heavy atom. The lowest BCUT2D eigenvalue weighted by Gasteiger charge is -2.09. The van der Waals surface area contributed by atoms with Gasteiger partial charge in [-0.25, -0.2) is 4.79 Å². The molecular formula is C23H36O3. The minimum atomic E-state index is -0.944. The Labute approximate surface area is 159 Å². The van der Waals surface area contributed by atoms with Gasteiger partial charge in [-0.05, 0) is 18.6 Å². The first-order valence-electron chi connectivity index (χ1n) is 10.4. The van der Waals surface area contributed by atoms with Crippen LogP contribution < -0.4 is 4.74 Å². The van der Waals surface area contributed by atoms with Gasteiger partial charge in [0, 0.05) is 11.6 Å². The van der Waals surface area contributed by atoms with Gasteiger partial charge in [0.1, 0.15) is 5.75 Å². The fourth-order valence-corrected chi connectivity index (χ4v) is 3.04. The zero-order valence-corrected chi connectivity index (χ0v) is 16.4. The molecule has 0 aliphatic heterocycles. The van der Waals surface area contributed by atoms with E-state index in [0.29, 0.717) is 6.61 Å². The molecule has 0 radical (unpaired) electrons. The standard InChI is InChI=1S/C23H36O3/c1-2-3-4-5-6-7-8-9-10-11-12-15-20-26-22-17-14-13-16-21(22)18-19-23(24)25/h13-14,16-19H,2-12,15,20H2,1H3,(H,24,25)/b19-18+. The van der Waals surface area contributed by atoms with Crippen molar-refractivity contribution in [2.75, 3.05) is 6.61 Å². The van der Waals surface area contributed by atoms with Crippen molar-refractivity contribution >= 4 is 12.0 Å². The van der Waals surface area contributed by atoms with Crippen molar-refractivity contribution in [3.8, 4) is 5.75 Å². The summed E-state index contributed by atoms with van der Waals surface area (Å²) in [6.07, 6.45) is 18.7. The zero-order chi connectivity index (χ0) is 18.9. The molecule has 0 atom stereocenters. The second kappa shape index (κ2) is 15.5. The van der Waals surface area contributed by atoms with Crippen LogP contribution >= 0.6 is 0 Å². The molecule has 0 heterocycles. The van der Waals surface area contributed by atoms with Crippen molar-refractivity contribution < 1.29 is 14.6 Å². The number of benzene rings is 1. The van der Waals surface area contributed by atoms with Gasteiger partial charge in [0.25, 0.3) is 0 Å². The van der Waals surface area contributed by atoms with Gasteiger partial charge >= 0.3 is 5.97 Å². The minimum absolute atomic E-state index is 0.690. The Morgan fingerprint density at radius 1 is 0.885 bits per heavy atom. The summed E-state index contributed by atoms with van der Waals surface area (Å²) in [5.74, 6) is -0.186. The number of aliphatic carboxylic acids is 1. The third kappa shape index (κ3) is 11.7. The van der Waals surface area contributed by atoms with Gasteiger partial charge in [0.15, 0.2) is 0 Å². The fourth-order valence-electron chi connectivity index (χ4n) is 3.04. The molecular weight excluding hydrogens is 324 g/mol. The third-order valence-electron chi connectivity index (χ3n) is 4.58. The first-order valence-corrected chi connectivity index (χ1v) is 10.4. The molecule has 0 saturated carbocycles. The summed E-state index contributed by atoms with van der Waals surface area (Å²) >= 11 is 0. The van der Waals surface area contributed by atoms with Crippen LogP contribution in [0.15, 0.2) is 30.3 Å². The number of carboxylic acid groups (broad SMARTS) is 1. The van der Waals surface area contributed by atoms with Crippen molar-refractivity contribution in [1.82, 2.24) is 0 Å². The summed E-state index contributed by atoms with van der Waals surface area (Å²) in [7, 11) is 0. The first-order chi connectivity index (χ1) is 12.7. The summed E-state index contributed by atoms with van der Waals surface area (Å²) in [4.78, 5) is 10.6. The van der Waals surface area contributed by atoms with E-state index in [0.717, 1.165) is 23.8 Å². The van der Waals surface area contributed by atoms with E-state index < -0.39 is 5.97 Å². The van der Waals surface area contributed by atoms with Crippen LogP contribution in [0.5, 0.6) is 5.75 Å². The molecule has 0 amide bonds. The van der Waals surface area contributed by atoms with Gasteiger partial charge in [-0.1, -0.05) is 95.8 Å².